The first-order valence-corrected chi connectivity index (χ1v) is 8.74. The van der Waals surface area contributed by atoms with E-state index in [2.05, 4.69) is 6.07 Å². The summed E-state index contributed by atoms with van der Waals surface area (Å²) in [5.74, 6) is -2.08. The molecule has 2 atom stereocenters. The van der Waals surface area contributed by atoms with Crippen LogP contribution in [0.15, 0.2) is 29.2 Å². The molecular weight excluding hydrogens is 369 g/mol. The Morgan fingerprint density at radius 3 is 2.62 bits per heavy atom. The van der Waals surface area contributed by atoms with Gasteiger partial charge in [-0.1, -0.05) is 23.9 Å². The maximum Gasteiger partial charge on any atom is 0.416 e. The van der Waals surface area contributed by atoms with E-state index in [1.54, 1.807) is 0 Å². The Morgan fingerprint density at radius 2 is 2.04 bits per heavy atom. The molecule has 2 heterocycles. The first-order chi connectivity index (χ1) is 12.3. The number of aliphatic carboxylic acids is 1. The van der Waals surface area contributed by atoms with Gasteiger partial charge in [0, 0.05) is 13.1 Å². The Morgan fingerprint density at radius 1 is 1.35 bits per heavy atom. The molecule has 2 aliphatic rings. The molecule has 2 aliphatic heterocycles. The zero-order valence-electron chi connectivity index (χ0n) is 13.5. The minimum absolute atomic E-state index is 0.0765. The van der Waals surface area contributed by atoms with E-state index < -0.39 is 29.0 Å². The van der Waals surface area contributed by atoms with Gasteiger partial charge in [-0.05, 0) is 23.3 Å². The maximum absolute atomic E-state index is 13.0. The average Bonchev–Trinajstić information content (AvgIpc) is 3.01. The van der Waals surface area contributed by atoms with Crippen LogP contribution < -0.4 is 0 Å². The average molecular weight is 384 g/mol. The van der Waals surface area contributed by atoms with E-state index in [0.29, 0.717) is 26.3 Å². The minimum atomic E-state index is -4.54. The molecule has 0 aliphatic carbocycles. The summed E-state index contributed by atoms with van der Waals surface area (Å²) in [6, 6.07) is 6.57. The number of benzene rings is 1. The van der Waals surface area contributed by atoms with Crippen LogP contribution in [0.5, 0.6) is 0 Å². The van der Waals surface area contributed by atoms with Crippen molar-refractivity contribution in [2.45, 2.75) is 11.6 Å². The molecule has 0 bridgehead atoms. The number of nitriles is 1. The number of carbonyl (C=O) groups is 1. The standard InChI is InChI=1S/C17H15F3N2O3S/c18-17(19,20)11-3-1-2-10(8-11)13-12(9-21)15(26-14(13)16(23)24)22-4-6-25-7-5-22/h1-3,8,12,15H,4-7H2,(H,23,24). The summed E-state index contributed by atoms with van der Waals surface area (Å²) < 4.78 is 44.4. The summed E-state index contributed by atoms with van der Waals surface area (Å²) >= 11 is 1.02. The Bertz CT molecular complexity index is 782. The number of ether oxygens (including phenoxy) is 1. The number of hydrogen-bond acceptors (Lipinski definition) is 5. The van der Waals surface area contributed by atoms with Crippen molar-refractivity contribution >= 4 is 23.3 Å². The molecule has 0 aromatic heterocycles. The van der Waals surface area contributed by atoms with Crippen molar-refractivity contribution in [2.75, 3.05) is 26.3 Å². The molecular formula is C17H15F3N2O3S. The van der Waals surface area contributed by atoms with E-state index >= 15 is 0 Å². The van der Waals surface area contributed by atoms with Crippen LogP contribution in [0.1, 0.15) is 11.1 Å². The number of halogens is 3. The summed E-state index contributed by atoms with van der Waals surface area (Å²) in [5, 5.41) is 18.7. The molecule has 9 heteroatoms. The summed E-state index contributed by atoms with van der Waals surface area (Å²) in [6.07, 6.45) is -4.54. The first kappa shape index (κ1) is 18.8. The van der Waals surface area contributed by atoms with Crippen molar-refractivity contribution in [1.82, 2.24) is 4.90 Å². The second-order valence-corrected chi connectivity index (χ2v) is 7.02. The highest BCUT2D eigenvalue weighted by atomic mass is 32.2. The van der Waals surface area contributed by atoms with Crippen LogP contribution in [0, 0.1) is 17.2 Å². The molecule has 0 amide bonds. The van der Waals surface area contributed by atoms with E-state index in [0.717, 1.165) is 23.9 Å². The largest absolute Gasteiger partial charge is 0.477 e. The highest BCUT2D eigenvalue weighted by Crippen LogP contribution is 2.48. The van der Waals surface area contributed by atoms with E-state index in [4.69, 9.17) is 4.74 Å². The number of hydrogen-bond donors (Lipinski definition) is 1. The summed E-state index contributed by atoms with van der Waals surface area (Å²) in [7, 11) is 0. The summed E-state index contributed by atoms with van der Waals surface area (Å²) in [4.78, 5) is 13.6. The van der Waals surface area contributed by atoms with Gasteiger partial charge in [0.2, 0.25) is 0 Å². The van der Waals surface area contributed by atoms with E-state index in [1.165, 1.54) is 12.1 Å². The normalized spacial score (nSPS) is 24.5. The van der Waals surface area contributed by atoms with E-state index in [1.807, 2.05) is 4.90 Å². The van der Waals surface area contributed by atoms with Gasteiger partial charge in [0.05, 0.1) is 41.0 Å². The second-order valence-electron chi connectivity index (χ2n) is 5.89. The predicted molar refractivity (Wildman–Crippen MR) is 88.9 cm³/mol. The Balaban J connectivity index is 2.03. The predicted octanol–water partition coefficient (Wildman–Crippen LogP) is 3.05. The van der Waals surface area contributed by atoms with E-state index in [-0.39, 0.29) is 16.0 Å². The highest BCUT2D eigenvalue weighted by Gasteiger charge is 2.43. The topological polar surface area (TPSA) is 73.6 Å². The van der Waals surface area contributed by atoms with Crippen LogP contribution in [0.3, 0.4) is 0 Å². The lowest BCUT2D eigenvalue weighted by atomic mass is 9.91. The Kier molecular flexibility index (Phi) is 5.27. The number of alkyl halides is 3. The number of thioether (sulfide) groups is 1. The van der Waals surface area contributed by atoms with Crippen molar-refractivity contribution in [3.05, 3.63) is 40.3 Å². The third-order valence-corrected chi connectivity index (χ3v) is 5.76. The maximum atomic E-state index is 13.0. The molecule has 0 saturated carbocycles. The molecule has 3 rings (SSSR count). The molecule has 1 fully saturated rings. The molecule has 1 N–H and O–H groups in total. The van der Waals surface area contributed by atoms with Gasteiger partial charge in [-0.2, -0.15) is 18.4 Å². The van der Waals surface area contributed by atoms with Crippen LogP contribution in [0.25, 0.3) is 5.57 Å². The molecule has 0 spiro atoms. The third-order valence-electron chi connectivity index (χ3n) is 4.32. The lowest BCUT2D eigenvalue weighted by Crippen LogP contribution is -2.44. The first-order valence-electron chi connectivity index (χ1n) is 7.86. The zero-order chi connectivity index (χ0) is 18.9. The van der Waals surface area contributed by atoms with E-state index in [9.17, 15) is 28.3 Å². The van der Waals surface area contributed by atoms with Gasteiger partial charge < -0.3 is 9.84 Å². The van der Waals surface area contributed by atoms with Crippen molar-refractivity contribution in [2.24, 2.45) is 5.92 Å². The molecule has 26 heavy (non-hydrogen) atoms. The van der Waals surface area contributed by atoms with Gasteiger partial charge in [-0.25, -0.2) is 4.79 Å². The fourth-order valence-electron chi connectivity index (χ4n) is 3.12. The minimum Gasteiger partial charge on any atom is -0.477 e. The van der Waals surface area contributed by atoms with Gasteiger partial charge >= 0.3 is 12.1 Å². The van der Waals surface area contributed by atoms with Crippen molar-refractivity contribution in [1.29, 1.82) is 5.26 Å². The molecule has 1 saturated heterocycles. The molecule has 138 valence electrons. The lowest BCUT2D eigenvalue weighted by Gasteiger charge is -2.33. The fraction of sp³-hybridized carbons (Fsp3) is 0.412. The Hall–Kier alpha value is -2.02. The van der Waals surface area contributed by atoms with Crippen molar-refractivity contribution in [3.8, 4) is 6.07 Å². The monoisotopic (exact) mass is 384 g/mol. The number of rotatable bonds is 3. The number of morpholine rings is 1. The summed E-state index contributed by atoms with van der Waals surface area (Å²) in [6.45, 7) is 2.02. The van der Waals surface area contributed by atoms with Gasteiger partial charge in [-0.3, -0.25) is 4.90 Å². The third kappa shape index (κ3) is 3.58. The van der Waals surface area contributed by atoms with Gasteiger partial charge in [0.25, 0.3) is 0 Å². The second kappa shape index (κ2) is 7.31. The highest BCUT2D eigenvalue weighted by molar-refractivity contribution is 8.05. The molecule has 1 aromatic rings. The van der Waals surface area contributed by atoms with Gasteiger partial charge in [-0.15, -0.1) is 0 Å². The van der Waals surface area contributed by atoms with Crippen LogP contribution in [0.2, 0.25) is 0 Å². The molecule has 1 aromatic carbocycles. The number of nitrogens with zero attached hydrogens (tertiary/aromatic N) is 2. The lowest BCUT2D eigenvalue weighted by molar-refractivity contribution is -0.137. The van der Waals surface area contributed by atoms with Crippen molar-refractivity contribution in [3.63, 3.8) is 0 Å². The SMILES string of the molecule is N#CC1C(c2cccc(C(F)(F)F)c2)=C(C(=O)O)SC1N1CCOCC1. The van der Waals surface area contributed by atoms with Crippen LogP contribution in [-0.4, -0.2) is 47.7 Å². The van der Waals surface area contributed by atoms with Crippen LogP contribution in [0.4, 0.5) is 13.2 Å². The fourth-order valence-corrected chi connectivity index (χ4v) is 4.53. The van der Waals surface area contributed by atoms with Gasteiger partial charge in [0.1, 0.15) is 0 Å². The summed E-state index contributed by atoms with van der Waals surface area (Å²) in [5.41, 5.74) is -0.608. The smallest absolute Gasteiger partial charge is 0.416 e. The van der Waals surface area contributed by atoms with Crippen molar-refractivity contribution < 1.29 is 27.8 Å². The molecule has 0 radical (unpaired) electrons. The van der Waals surface area contributed by atoms with Gasteiger partial charge in [0.15, 0.2) is 0 Å². The quantitative estimate of drug-likeness (QED) is 0.864. The van der Waals surface area contributed by atoms with Crippen LogP contribution >= 0.6 is 11.8 Å². The number of carboxylic acid groups (broad SMARTS) is 1. The van der Waals surface area contributed by atoms with Crippen LogP contribution in [-0.2, 0) is 15.7 Å². The number of carboxylic acids is 1. The zero-order valence-corrected chi connectivity index (χ0v) is 14.3. The Labute approximate surface area is 152 Å². The molecule has 2 unspecified atom stereocenters. The molecule has 5 nitrogen and oxygen atoms in total.